The Morgan fingerprint density at radius 3 is 2.58 bits per heavy atom. The number of nitrogens with zero attached hydrogens (tertiary/aromatic N) is 1. The monoisotopic (exact) mass is 182 g/mol. The average molecular weight is 182 g/mol. The number of aliphatic imine (C=N–C) groups is 1. The smallest absolute Gasteiger partial charge is 0.365 e. The van der Waals surface area contributed by atoms with Crippen LogP contribution in [0.1, 0.15) is 6.92 Å². The predicted molar refractivity (Wildman–Crippen MR) is 38.1 cm³/mol. The Kier molecular flexibility index (Phi) is 4.31. The predicted octanol–water partition coefficient (Wildman–Crippen LogP) is 0.756. The number of amidine groups is 1. The number of hydrogen-bond acceptors (Lipinski definition) is 2. The van der Waals surface area contributed by atoms with E-state index in [1.165, 1.54) is 6.92 Å². The van der Waals surface area contributed by atoms with Crippen molar-refractivity contribution in [3.05, 3.63) is 0 Å². The molecule has 0 amide bonds. The Morgan fingerprint density at radius 1 is 1.58 bits per heavy atom. The van der Waals surface area contributed by atoms with Crippen LogP contribution in [0.5, 0.6) is 0 Å². The summed E-state index contributed by atoms with van der Waals surface area (Å²) in [6, 6.07) is 0. The van der Waals surface area contributed by atoms with Gasteiger partial charge in [-0.15, -0.1) is 0 Å². The third-order valence-corrected chi connectivity index (χ3v) is 0.948. The van der Waals surface area contributed by atoms with Gasteiger partial charge < -0.3 is 10.1 Å². The van der Waals surface area contributed by atoms with E-state index in [4.69, 9.17) is 0 Å². The molecule has 0 saturated heterocycles. The van der Waals surface area contributed by atoms with Gasteiger partial charge in [0.2, 0.25) is 0 Å². The molecule has 0 spiro atoms. The van der Waals surface area contributed by atoms with E-state index in [9.17, 15) is 18.0 Å². The molecule has 0 aliphatic rings. The van der Waals surface area contributed by atoms with Crippen molar-refractivity contribution in [2.24, 2.45) is 4.99 Å². The van der Waals surface area contributed by atoms with Crippen LogP contribution in [0.4, 0.5) is 13.2 Å². The van der Waals surface area contributed by atoms with E-state index in [0.717, 1.165) is 0 Å². The molecule has 70 valence electrons. The summed E-state index contributed by atoms with van der Waals surface area (Å²) in [6.45, 7) is 0.132. The Morgan fingerprint density at radius 2 is 2.17 bits per heavy atom. The zero-order valence-electron chi connectivity index (χ0n) is 6.48. The number of rotatable bonds is 3. The second-order valence-corrected chi connectivity index (χ2v) is 2.06. The van der Waals surface area contributed by atoms with E-state index in [2.05, 4.69) is 4.99 Å². The van der Waals surface area contributed by atoms with Gasteiger partial charge in [0.15, 0.2) is 0 Å². The number of alkyl halides is 3. The number of aldehydes is 1. The molecular formula is C6H9F3N2O. The SMILES string of the molecule is CC(=NCC=O)NCC(F)(F)F. The van der Waals surface area contributed by atoms with Gasteiger partial charge in [0.05, 0.1) is 12.4 Å². The molecule has 0 rings (SSSR count). The highest BCUT2D eigenvalue weighted by Crippen LogP contribution is 2.11. The van der Waals surface area contributed by atoms with Gasteiger partial charge in [-0.2, -0.15) is 13.2 Å². The van der Waals surface area contributed by atoms with E-state index in [1.807, 2.05) is 5.32 Å². The maximum Gasteiger partial charge on any atom is 0.405 e. The number of halogens is 3. The fraction of sp³-hybridized carbons (Fsp3) is 0.667. The second-order valence-electron chi connectivity index (χ2n) is 2.06. The first-order valence-electron chi connectivity index (χ1n) is 3.21. The van der Waals surface area contributed by atoms with Crippen LogP contribution < -0.4 is 5.32 Å². The topological polar surface area (TPSA) is 41.5 Å². The molecule has 6 heteroatoms. The molecule has 0 aliphatic heterocycles. The standard InChI is InChI=1S/C6H9F3N2O/c1-5(10-2-3-12)11-4-6(7,8)9/h3H,2,4H2,1H3,(H,10,11). The fourth-order valence-electron chi connectivity index (χ4n) is 0.458. The molecule has 0 aliphatic carbocycles. The molecule has 1 N–H and O–H groups in total. The van der Waals surface area contributed by atoms with E-state index in [0.29, 0.717) is 6.29 Å². The van der Waals surface area contributed by atoms with Crippen LogP contribution in [0.3, 0.4) is 0 Å². The van der Waals surface area contributed by atoms with E-state index < -0.39 is 12.7 Å². The maximum absolute atomic E-state index is 11.6. The van der Waals surface area contributed by atoms with Gasteiger partial charge >= 0.3 is 6.18 Å². The minimum absolute atomic E-state index is 0.111. The molecule has 0 aromatic rings. The van der Waals surface area contributed by atoms with Crippen LogP contribution in [0.2, 0.25) is 0 Å². The molecule has 0 aromatic carbocycles. The lowest BCUT2D eigenvalue weighted by Crippen LogP contribution is -2.32. The third kappa shape index (κ3) is 7.04. The summed E-state index contributed by atoms with van der Waals surface area (Å²) in [5, 5.41) is 2.02. The molecule has 0 heterocycles. The first-order chi connectivity index (χ1) is 5.45. The summed E-state index contributed by atoms with van der Waals surface area (Å²) in [5.74, 6) is 0.111. The quantitative estimate of drug-likeness (QED) is 0.397. The molecule has 0 fully saturated rings. The number of hydrogen-bond donors (Lipinski definition) is 1. The van der Waals surface area contributed by atoms with Crippen LogP contribution in [0.25, 0.3) is 0 Å². The molecular weight excluding hydrogens is 173 g/mol. The van der Waals surface area contributed by atoms with Gasteiger partial charge in [-0.25, -0.2) is 0 Å². The van der Waals surface area contributed by atoms with Gasteiger partial charge in [-0.3, -0.25) is 4.99 Å². The lowest BCUT2D eigenvalue weighted by Gasteiger charge is -2.07. The molecule has 12 heavy (non-hydrogen) atoms. The van der Waals surface area contributed by atoms with Crippen LogP contribution in [0, 0.1) is 0 Å². The van der Waals surface area contributed by atoms with Gasteiger partial charge in [-0.1, -0.05) is 0 Å². The summed E-state index contributed by atoms with van der Waals surface area (Å²) in [7, 11) is 0. The van der Waals surface area contributed by atoms with Gasteiger partial charge in [0.25, 0.3) is 0 Å². The first kappa shape index (κ1) is 10.9. The molecule has 0 bridgehead atoms. The minimum atomic E-state index is -4.25. The van der Waals surface area contributed by atoms with Gasteiger partial charge in [0.1, 0.15) is 12.8 Å². The maximum atomic E-state index is 11.6. The van der Waals surface area contributed by atoms with Gasteiger partial charge in [0, 0.05) is 0 Å². The van der Waals surface area contributed by atoms with E-state index in [1.54, 1.807) is 0 Å². The normalized spacial score (nSPS) is 12.8. The lowest BCUT2D eigenvalue weighted by atomic mass is 10.5. The van der Waals surface area contributed by atoms with Crippen molar-refractivity contribution in [1.82, 2.24) is 5.32 Å². The van der Waals surface area contributed by atoms with Crippen LogP contribution in [-0.2, 0) is 4.79 Å². The summed E-state index contributed by atoms with van der Waals surface area (Å²) >= 11 is 0. The van der Waals surface area contributed by atoms with Crippen molar-refractivity contribution >= 4 is 12.1 Å². The summed E-state index contributed by atoms with van der Waals surface area (Å²) < 4.78 is 34.7. The lowest BCUT2D eigenvalue weighted by molar-refractivity contribution is -0.122. The number of carbonyl (C=O) groups excluding carboxylic acids is 1. The van der Waals surface area contributed by atoms with Crippen molar-refractivity contribution in [3.63, 3.8) is 0 Å². The van der Waals surface area contributed by atoms with Crippen molar-refractivity contribution in [2.75, 3.05) is 13.1 Å². The Labute approximate surface area is 67.7 Å². The largest absolute Gasteiger partial charge is 0.405 e. The molecule has 0 atom stereocenters. The number of carbonyl (C=O) groups is 1. The summed E-state index contributed by atoms with van der Waals surface area (Å²) in [6.07, 6.45) is -3.74. The molecule has 0 aromatic heterocycles. The fourth-order valence-corrected chi connectivity index (χ4v) is 0.458. The van der Waals surface area contributed by atoms with E-state index in [-0.39, 0.29) is 12.4 Å². The summed E-state index contributed by atoms with van der Waals surface area (Å²) in [4.78, 5) is 13.2. The second kappa shape index (κ2) is 4.74. The highest BCUT2D eigenvalue weighted by molar-refractivity contribution is 5.80. The number of nitrogens with one attached hydrogen (secondary N) is 1. The van der Waals surface area contributed by atoms with Crippen molar-refractivity contribution in [2.45, 2.75) is 13.1 Å². The Hall–Kier alpha value is -1.07. The van der Waals surface area contributed by atoms with Crippen molar-refractivity contribution in [3.8, 4) is 0 Å². The Bertz CT molecular complexity index is 176. The molecule has 3 nitrogen and oxygen atoms in total. The average Bonchev–Trinajstić information content (AvgIpc) is 1.95. The minimum Gasteiger partial charge on any atom is -0.365 e. The Balaban J connectivity index is 3.70. The zero-order valence-corrected chi connectivity index (χ0v) is 6.48. The van der Waals surface area contributed by atoms with Gasteiger partial charge in [-0.05, 0) is 6.92 Å². The third-order valence-electron chi connectivity index (χ3n) is 0.948. The van der Waals surface area contributed by atoms with E-state index >= 15 is 0 Å². The summed E-state index contributed by atoms with van der Waals surface area (Å²) in [5.41, 5.74) is 0. The van der Waals surface area contributed by atoms with Crippen LogP contribution >= 0.6 is 0 Å². The molecule has 0 saturated carbocycles. The highest BCUT2D eigenvalue weighted by Gasteiger charge is 2.26. The molecule has 0 radical (unpaired) electrons. The first-order valence-corrected chi connectivity index (χ1v) is 3.21. The van der Waals surface area contributed by atoms with Crippen molar-refractivity contribution < 1.29 is 18.0 Å². The van der Waals surface area contributed by atoms with Crippen molar-refractivity contribution in [1.29, 1.82) is 0 Å². The van der Waals surface area contributed by atoms with Crippen LogP contribution in [-0.4, -0.2) is 31.4 Å². The zero-order chi connectivity index (χ0) is 9.61. The molecule has 0 unspecified atom stereocenters. The van der Waals surface area contributed by atoms with Crippen LogP contribution in [0.15, 0.2) is 4.99 Å². The highest BCUT2D eigenvalue weighted by atomic mass is 19.4.